The van der Waals surface area contributed by atoms with Gasteiger partial charge in [-0.25, -0.2) is 5.84 Å². The number of allylic oxidation sites excluding steroid dienone is 4. The Hall–Kier alpha value is -4.02. The largest absolute Gasteiger partial charge is 0.456 e. The van der Waals surface area contributed by atoms with Crippen molar-refractivity contribution in [3.63, 3.8) is 0 Å². The molecule has 34 heavy (non-hydrogen) atoms. The lowest BCUT2D eigenvalue weighted by Gasteiger charge is -2.22. The quantitative estimate of drug-likeness (QED) is 0.372. The second kappa shape index (κ2) is 6.52. The van der Waals surface area contributed by atoms with Gasteiger partial charge in [0.2, 0.25) is 0 Å². The van der Waals surface area contributed by atoms with Crippen LogP contribution >= 0.6 is 0 Å². The lowest BCUT2D eigenvalue weighted by Crippen LogP contribution is -2.42. The molecule has 4 nitrogen and oxygen atoms in total. The number of hydrogen-bond acceptors (Lipinski definition) is 3. The third kappa shape index (κ3) is 2.31. The third-order valence-electron chi connectivity index (χ3n) is 7.81. The molecule has 2 N–H and O–H groups in total. The van der Waals surface area contributed by atoms with Crippen LogP contribution < -0.4 is 21.5 Å². The zero-order valence-electron chi connectivity index (χ0n) is 18.6. The lowest BCUT2D eigenvalue weighted by molar-refractivity contribution is 0.565. The predicted molar refractivity (Wildman–Crippen MR) is 139 cm³/mol. The summed E-state index contributed by atoms with van der Waals surface area (Å²) >= 11 is 0. The molecule has 5 aromatic rings. The first kappa shape index (κ1) is 18.4. The third-order valence-corrected chi connectivity index (χ3v) is 7.81. The molecule has 0 saturated heterocycles. The number of para-hydroxylation sites is 2. The Morgan fingerprint density at radius 3 is 2.59 bits per heavy atom. The van der Waals surface area contributed by atoms with E-state index in [9.17, 15) is 0 Å². The molecule has 3 aromatic carbocycles. The van der Waals surface area contributed by atoms with Crippen molar-refractivity contribution >= 4 is 50.6 Å². The molecule has 2 aliphatic carbocycles. The van der Waals surface area contributed by atoms with Crippen LogP contribution in [0.1, 0.15) is 23.9 Å². The zero-order chi connectivity index (χ0) is 22.4. The Labute approximate surface area is 196 Å². The minimum absolute atomic E-state index is 0.0480. The Bertz CT molecular complexity index is 1830. The number of aromatic nitrogens is 1. The first-order valence-corrected chi connectivity index (χ1v) is 11.9. The summed E-state index contributed by atoms with van der Waals surface area (Å²) in [5.41, 5.74) is 6.78. The molecule has 8 rings (SSSR count). The summed E-state index contributed by atoms with van der Waals surface area (Å²) in [6.45, 7) is 0. The van der Waals surface area contributed by atoms with Crippen LogP contribution in [0.4, 0.5) is 5.69 Å². The Balaban J connectivity index is 1.41. The molecule has 0 spiro atoms. The van der Waals surface area contributed by atoms with Crippen molar-refractivity contribution in [2.75, 3.05) is 5.01 Å². The first-order chi connectivity index (χ1) is 16.8. The zero-order valence-corrected chi connectivity index (χ0v) is 18.6. The maximum atomic E-state index is 6.75. The minimum Gasteiger partial charge on any atom is -0.456 e. The van der Waals surface area contributed by atoms with Crippen molar-refractivity contribution in [1.82, 2.24) is 4.57 Å². The molecule has 0 radical (unpaired) electrons. The summed E-state index contributed by atoms with van der Waals surface area (Å²) in [6.07, 6.45) is 14.4. The molecular formula is C30H23N3O. The monoisotopic (exact) mass is 441 g/mol. The van der Waals surface area contributed by atoms with Crippen LogP contribution in [0.3, 0.4) is 0 Å². The van der Waals surface area contributed by atoms with Crippen molar-refractivity contribution in [1.29, 1.82) is 0 Å². The Morgan fingerprint density at radius 1 is 0.853 bits per heavy atom. The fourth-order valence-electron chi connectivity index (χ4n) is 6.26. The van der Waals surface area contributed by atoms with Crippen LogP contribution in [-0.4, -0.2) is 10.6 Å². The van der Waals surface area contributed by atoms with Crippen LogP contribution in [0.2, 0.25) is 0 Å². The topological polar surface area (TPSA) is 47.3 Å². The van der Waals surface area contributed by atoms with Gasteiger partial charge in [0.05, 0.1) is 23.3 Å². The summed E-state index contributed by atoms with van der Waals surface area (Å²) < 4.78 is 8.68. The summed E-state index contributed by atoms with van der Waals surface area (Å²) in [6, 6.07) is 22.0. The highest BCUT2D eigenvalue weighted by Crippen LogP contribution is 2.46. The van der Waals surface area contributed by atoms with Gasteiger partial charge in [-0.05, 0) is 42.3 Å². The smallest absolute Gasteiger partial charge is 0.135 e. The highest BCUT2D eigenvalue weighted by atomic mass is 16.3. The van der Waals surface area contributed by atoms with Gasteiger partial charge < -0.3 is 14.0 Å². The standard InChI is InChI=1S/C30H23N3O/c31-33-27-16-22-19-10-4-6-12-25(19)32(18-8-2-1-3-9-18)26(22)15-23(27)21-14-24-20-11-5-7-13-29(20)34-30(24)17-28(21)33/h1-8,10-18,21,28H,9,31H2. The molecule has 164 valence electrons. The van der Waals surface area contributed by atoms with Gasteiger partial charge in [-0.2, -0.15) is 0 Å². The predicted octanol–water partition coefficient (Wildman–Crippen LogP) is 5.02. The van der Waals surface area contributed by atoms with E-state index in [1.807, 2.05) is 17.1 Å². The van der Waals surface area contributed by atoms with Gasteiger partial charge in [-0.15, -0.1) is 0 Å². The van der Waals surface area contributed by atoms with Crippen molar-refractivity contribution in [2.45, 2.75) is 24.4 Å². The van der Waals surface area contributed by atoms with Gasteiger partial charge in [0.15, 0.2) is 0 Å². The van der Waals surface area contributed by atoms with Crippen LogP contribution in [0.25, 0.3) is 44.9 Å². The van der Waals surface area contributed by atoms with Crippen LogP contribution in [0.15, 0.2) is 89.4 Å². The summed E-state index contributed by atoms with van der Waals surface area (Å²) in [5.74, 6) is 6.94. The molecule has 3 heterocycles. The number of nitrogens with zero attached hydrogens (tertiary/aromatic N) is 2. The van der Waals surface area contributed by atoms with E-state index in [2.05, 4.69) is 89.6 Å². The summed E-state index contributed by atoms with van der Waals surface area (Å²) in [7, 11) is 0. The number of hydrogen-bond donors (Lipinski definition) is 1. The molecule has 0 fully saturated rings. The van der Waals surface area contributed by atoms with E-state index < -0.39 is 0 Å². The maximum absolute atomic E-state index is 6.75. The molecule has 4 heteroatoms. The normalized spacial score (nSPS) is 22.6. The van der Waals surface area contributed by atoms with Crippen molar-refractivity contribution in [2.24, 2.45) is 5.84 Å². The SMILES string of the molecule is NN1c2cc3c4ccccc4n(C4C=CC=CC4)c3cc2C2C=c3c(oc4ccccc34)=CC21. The van der Waals surface area contributed by atoms with Gasteiger partial charge in [0.25, 0.3) is 0 Å². The van der Waals surface area contributed by atoms with Gasteiger partial charge in [0, 0.05) is 32.8 Å². The average molecular weight is 442 g/mol. The highest BCUT2D eigenvalue weighted by molar-refractivity contribution is 6.10. The van der Waals surface area contributed by atoms with E-state index in [0.29, 0.717) is 6.04 Å². The van der Waals surface area contributed by atoms with Gasteiger partial charge >= 0.3 is 0 Å². The maximum Gasteiger partial charge on any atom is 0.135 e. The van der Waals surface area contributed by atoms with E-state index in [-0.39, 0.29) is 12.0 Å². The number of rotatable bonds is 1. The van der Waals surface area contributed by atoms with Crippen molar-refractivity contribution < 1.29 is 4.42 Å². The number of benzene rings is 3. The van der Waals surface area contributed by atoms with Crippen LogP contribution in [0, 0.1) is 0 Å². The molecule has 2 aromatic heterocycles. The molecule has 1 aliphatic heterocycles. The molecule has 3 unspecified atom stereocenters. The number of furan rings is 1. The van der Waals surface area contributed by atoms with Gasteiger partial charge in [-0.1, -0.05) is 66.8 Å². The summed E-state index contributed by atoms with van der Waals surface area (Å²) in [4.78, 5) is 0. The number of hydrazine groups is 1. The minimum atomic E-state index is 0.0480. The van der Waals surface area contributed by atoms with E-state index >= 15 is 0 Å². The van der Waals surface area contributed by atoms with Crippen molar-refractivity contribution in [3.05, 3.63) is 101 Å². The molecular weight excluding hydrogens is 418 g/mol. The molecule has 3 atom stereocenters. The molecule has 0 amide bonds. The van der Waals surface area contributed by atoms with E-state index in [0.717, 1.165) is 23.1 Å². The summed E-state index contributed by atoms with van der Waals surface area (Å²) in [5, 5.41) is 6.81. The highest BCUT2D eigenvalue weighted by Gasteiger charge is 2.37. The lowest BCUT2D eigenvalue weighted by atomic mass is 9.90. The van der Waals surface area contributed by atoms with E-state index in [1.54, 1.807) is 0 Å². The molecule has 0 saturated carbocycles. The number of anilines is 1. The van der Waals surface area contributed by atoms with Gasteiger partial charge in [0.1, 0.15) is 11.0 Å². The van der Waals surface area contributed by atoms with Crippen molar-refractivity contribution in [3.8, 4) is 0 Å². The Morgan fingerprint density at radius 2 is 1.71 bits per heavy atom. The fraction of sp³-hybridized carbons (Fsp3) is 0.133. The fourth-order valence-corrected chi connectivity index (χ4v) is 6.26. The second-order valence-corrected chi connectivity index (χ2v) is 9.56. The number of fused-ring (bicyclic) bond motifs is 9. The van der Waals surface area contributed by atoms with E-state index in [1.165, 1.54) is 38.0 Å². The molecule has 0 bridgehead atoms. The van der Waals surface area contributed by atoms with Crippen LogP contribution in [0.5, 0.6) is 0 Å². The average Bonchev–Trinajstić information content (AvgIpc) is 3.50. The first-order valence-electron chi connectivity index (χ1n) is 11.9. The Kier molecular flexibility index (Phi) is 3.53. The number of nitrogens with two attached hydrogens (primary N) is 1. The van der Waals surface area contributed by atoms with Crippen LogP contribution in [-0.2, 0) is 0 Å². The molecule has 3 aliphatic rings. The van der Waals surface area contributed by atoms with E-state index in [4.69, 9.17) is 10.3 Å². The van der Waals surface area contributed by atoms with Gasteiger partial charge in [-0.3, -0.25) is 0 Å². The second-order valence-electron chi connectivity index (χ2n) is 9.56.